The van der Waals surface area contributed by atoms with Gasteiger partial charge in [-0.1, -0.05) is 24.6 Å². The fraction of sp³-hybridized carbons (Fsp3) is 0.533. The minimum atomic E-state index is 0.279. The number of likely N-dealkylation sites (tertiary alicyclic amines) is 1. The van der Waals surface area contributed by atoms with E-state index >= 15 is 0 Å². The van der Waals surface area contributed by atoms with Crippen LogP contribution in [-0.4, -0.2) is 23.9 Å². The molecule has 1 aromatic rings. The first-order chi connectivity index (χ1) is 8.61. The zero-order valence-corrected chi connectivity index (χ0v) is 11.8. The van der Waals surface area contributed by atoms with Gasteiger partial charge in [0, 0.05) is 24.5 Å². The van der Waals surface area contributed by atoms with Crippen molar-refractivity contribution in [3.8, 4) is 0 Å². The van der Waals surface area contributed by atoms with E-state index in [9.17, 15) is 4.79 Å². The number of benzene rings is 1. The van der Waals surface area contributed by atoms with Gasteiger partial charge in [-0.05, 0) is 48.9 Å². The second-order valence-corrected chi connectivity index (χ2v) is 5.45. The second-order valence-electron chi connectivity index (χ2n) is 5.01. The van der Waals surface area contributed by atoms with Crippen LogP contribution in [0.25, 0.3) is 0 Å². The Hall–Kier alpha value is -1.02. The summed E-state index contributed by atoms with van der Waals surface area (Å²) in [6.07, 6.45) is 2.74. The summed E-state index contributed by atoms with van der Waals surface area (Å²) in [5.74, 6) is 0.851. The van der Waals surface area contributed by atoms with Crippen LogP contribution in [0.2, 0.25) is 5.02 Å². The first-order valence-corrected chi connectivity index (χ1v) is 7.03. The van der Waals surface area contributed by atoms with E-state index < -0.39 is 0 Å². The summed E-state index contributed by atoms with van der Waals surface area (Å²) >= 11 is 5.99. The molecule has 1 aliphatic heterocycles. The first kappa shape index (κ1) is 13.4. The number of amides is 1. The van der Waals surface area contributed by atoms with Gasteiger partial charge in [-0.3, -0.25) is 4.79 Å². The van der Waals surface area contributed by atoms with Crippen molar-refractivity contribution in [3.63, 3.8) is 0 Å². The van der Waals surface area contributed by atoms with Crippen LogP contribution in [0.5, 0.6) is 0 Å². The van der Waals surface area contributed by atoms with Crippen molar-refractivity contribution >= 4 is 17.5 Å². The summed E-state index contributed by atoms with van der Waals surface area (Å²) < 4.78 is 0. The molecule has 0 spiro atoms. The van der Waals surface area contributed by atoms with Gasteiger partial charge in [0.25, 0.3) is 0 Å². The maximum atomic E-state index is 11.6. The highest BCUT2D eigenvalue weighted by Crippen LogP contribution is 2.31. The van der Waals surface area contributed by atoms with E-state index in [1.165, 1.54) is 11.1 Å². The second kappa shape index (κ2) is 5.75. The molecule has 0 aliphatic carbocycles. The fourth-order valence-corrected chi connectivity index (χ4v) is 2.99. The molecule has 1 aliphatic rings. The number of halogens is 1. The number of hydrogen-bond acceptors (Lipinski definition) is 1. The van der Waals surface area contributed by atoms with E-state index in [-0.39, 0.29) is 5.91 Å². The van der Waals surface area contributed by atoms with Crippen LogP contribution in [0.15, 0.2) is 18.2 Å². The van der Waals surface area contributed by atoms with E-state index in [1.54, 1.807) is 0 Å². The van der Waals surface area contributed by atoms with E-state index in [0.29, 0.717) is 12.3 Å². The highest BCUT2D eigenvalue weighted by atomic mass is 35.5. The lowest BCUT2D eigenvalue weighted by molar-refractivity contribution is -0.131. The Labute approximate surface area is 114 Å². The molecule has 1 aromatic carbocycles. The Bertz CT molecular complexity index is 436. The van der Waals surface area contributed by atoms with E-state index in [2.05, 4.69) is 13.0 Å². The van der Waals surface area contributed by atoms with Gasteiger partial charge in [-0.15, -0.1) is 0 Å². The molecule has 0 unspecified atom stereocenters. The predicted octanol–water partition coefficient (Wildman–Crippen LogP) is 3.76. The van der Waals surface area contributed by atoms with Crippen LogP contribution in [0, 0.1) is 6.92 Å². The highest BCUT2D eigenvalue weighted by Gasteiger charge is 2.23. The summed E-state index contributed by atoms with van der Waals surface area (Å²) in [6, 6.07) is 6.13. The summed E-state index contributed by atoms with van der Waals surface area (Å²) in [5.41, 5.74) is 2.66. The number of piperidine rings is 1. The van der Waals surface area contributed by atoms with Gasteiger partial charge in [-0.25, -0.2) is 0 Å². The third kappa shape index (κ3) is 2.86. The maximum absolute atomic E-state index is 11.6. The predicted molar refractivity (Wildman–Crippen MR) is 75.0 cm³/mol. The Kier molecular flexibility index (Phi) is 4.28. The lowest BCUT2D eigenvalue weighted by atomic mass is 9.87. The van der Waals surface area contributed by atoms with Crippen molar-refractivity contribution in [1.29, 1.82) is 0 Å². The third-order valence-corrected chi connectivity index (χ3v) is 4.06. The number of nitrogens with zero attached hydrogens (tertiary/aromatic N) is 1. The monoisotopic (exact) mass is 265 g/mol. The van der Waals surface area contributed by atoms with Crippen molar-refractivity contribution in [3.05, 3.63) is 34.3 Å². The molecule has 0 radical (unpaired) electrons. The molecule has 0 saturated carbocycles. The Balaban J connectivity index is 2.03. The minimum Gasteiger partial charge on any atom is -0.343 e. The zero-order valence-electron chi connectivity index (χ0n) is 11.1. The molecule has 1 saturated heterocycles. The largest absolute Gasteiger partial charge is 0.343 e. The smallest absolute Gasteiger partial charge is 0.222 e. The Morgan fingerprint density at radius 2 is 2.06 bits per heavy atom. The normalized spacial score (nSPS) is 16.9. The van der Waals surface area contributed by atoms with E-state index in [4.69, 9.17) is 11.6 Å². The average molecular weight is 266 g/mol. The molecule has 1 amide bonds. The SMILES string of the molecule is CCC(=O)N1CCC(c2ccc(Cl)cc2C)CC1. The number of rotatable bonds is 2. The Morgan fingerprint density at radius 3 is 2.61 bits per heavy atom. The van der Waals surface area contributed by atoms with E-state index in [1.807, 2.05) is 24.0 Å². The van der Waals surface area contributed by atoms with Crippen LogP contribution in [0.4, 0.5) is 0 Å². The van der Waals surface area contributed by atoms with Crippen molar-refractivity contribution in [2.45, 2.75) is 39.0 Å². The number of hydrogen-bond donors (Lipinski definition) is 0. The standard InChI is InChI=1S/C15H20ClNO/c1-3-15(18)17-8-6-12(7-9-17)14-5-4-13(16)10-11(14)2/h4-5,10,12H,3,6-9H2,1-2H3. The minimum absolute atomic E-state index is 0.279. The topological polar surface area (TPSA) is 20.3 Å². The van der Waals surface area contributed by atoms with Gasteiger partial charge in [0.1, 0.15) is 0 Å². The quantitative estimate of drug-likeness (QED) is 0.797. The van der Waals surface area contributed by atoms with Gasteiger partial charge in [0.05, 0.1) is 0 Å². The third-order valence-electron chi connectivity index (χ3n) is 3.82. The molecule has 1 heterocycles. The summed E-state index contributed by atoms with van der Waals surface area (Å²) in [6.45, 7) is 5.82. The molecule has 2 rings (SSSR count). The van der Waals surface area contributed by atoms with Gasteiger partial charge < -0.3 is 4.90 Å². The fourth-order valence-electron chi connectivity index (χ4n) is 2.76. The van der Waals surface area contributed by atoms with Crippen molar-refractivity contribution in [1.82, 2.24) is 4.90 Å². The van der Waals surface area contributed by atoms with Gasteiger partial charge in [0.15, 0.2) is 0 Å². The molecule has 1 fully saturated rings. The maximum Gasteiger partial charge on any atom is 0.222 e. The lowest BCUT2D eigenvalue weighted by Crippen LogP contribution is -2.37. The van der Waals surface area contributed by atoms with Crippen LogP contribution < -0.4 is 0 Å². The molecule has 0 atom stereocenters. The summed E-state index contributed by atoms with van der Waals surface area (Å²) in [4.78, 5) is 13.6. The van der Waals surface area contributed by atoms with Crippen molar-refractivity contribution in [2.24, 2.45) is 0 Å². The number of carbonyl (C=O) groups is 1. The number of aryl methyl sites for hydroxylation is 1. The van der Waals surface area contributed by atoms with Gasteiger partial charge >= 0.3 is 0 Å². The highest BCUT2D eigenvalue weighted by molar-refractivity contribution is 6.30. The molecular weight excluding hydrogens is 246 g/mol. The van der Waals surface area contributed by atoms with Crippen molar-refractivity contribution < 1.29 is 4.79 Å². The van der Waals surface area contributed by atoms with Gasteiger partial charge in [-0.2, -0.15) is 0 Å². The average Bonchev–Trinajstić information content (AvgIpc) is 2.38. The zero-order chi connectivity index (χ0) is 13.1. The van der Waals surface area contributed by atoms with Gasteiger partial charge in [0.2, 0.25) is 5.91 Å². The van der Waals surface area contributed by atoms with Crippen LogP contribution in [0.3, 0.4) is 0 Å². The molecule has 2 nitrogen and oxygen atoms in total. The molecule has 0 bridgehead atoms. The molecule has 98 valence electrons. The molecule has 3 heteroatoms. The molecular formula is C15H20ClNO. The lowest BCUT2D eigenvalue weighted by Gasteiger charge is -2.32. The van der Waals surface area contributed by atoms with Crippen LogP contribution in [0.1, 0.15) is 43.2 Å². The molecule has 0 N–H and O–H groups in total. The van der Waals surface area contributed by atoms with E-state index in [0.717, 1.165) is 31.0 Å². The van der Waals surface area contributed by atoms with Crippen LogP contribution in [-0.2, 0) is 4.79 Å². The first-order valence-electron chi connectivity index (χ1n) is 6.65. The van der Waals surface area contributed by atoms with Crippen LogP contribution >= 0.6 is 11.6 Å². The number of carbonyl (C=O) groups excluding carboxylic acids is 1. The Morgan fingerprint density at radius 1 is 1.39 bits per heavy atom. The molecule has 18 heavy (non-hydrogen) atoms. The summed E-state index contributed by atoms with van der Waals surface area (Å²) in [7, 11) is 0. The van der Waals surface area contributed by atoms with Crippen molar-refractivity contribution in [2.75, 3.05) is 13.1 Å². The molecule has 0 aromatic heterocycles. The summed E-state index contributed by atoms with van der Waals surface area (Å²) in [5, 5.41) is 0.801.